The number of carbonyl (C=O) groups is 1. The van der Waals surface area contributed by atoms with E-state index in [2.05, 4.69) is 5.10 Å². The molecule has 1 aliphatic rings. The Morgan fingerprint density at radius 2 is 2.43 bits per heavy atom. The SMILES string of the molecule is Cc1cnn(CC(=O)N2CC(O)C2)c1. The van der Waals surface area contributed by atoms with Crippen molar-refractivity contribution in [3.63, 3.8) is 0 Å². The lowest BCUT2D eigenvalue weighted by Gasteiger charge is -2.35. The number of β-amino-alcohol motifs (C(OH)–C–C–N with tert-alkyl or cyclic N) is 1. The number of likely N-dealkylation sites (tertiary alicyclic amines) is 1. The number of aromatic nitrogens is 2. The van der Waals surface area contributed by atoms with Gasteiger partial charge in [-0.15, -0.1) is 0 Å². The molecule has 0 aliphatic carbocycles. The van der Waals surface area contributed by atoms with E-state index >= 15 is 0 Å². The highest BCUT2D eigenvalue weighted by Gasteiger charge is 2.28. The maximum Gasteiger partial charge on any atom is 0.244 e. The molecule has 0 unspecified atom stereocenters. The summed E-state index contributed by atoms with van der Waals surface area (Å²) in [6.45, 7) is 3.11. The molecule has 2 rings (SSSR count). The minimum atomic E-state index is -0.335. The van der Waals surface area contributed by atoms with Gasteiger partial charge in [0.05, 0.1) is 12.3 Å². The molecule has 5 heteroatoms. The van der Waals surface area contributed by atoms with Crippen LogP contribution in [-0.4, -0.2) is 44.9 Å². The van der Waals surface area contributed by atoms with Gasteiger partial charge in [0.2, 0.25) is 5.91 Å². The third kappa shape index (κ3) is 1.77. The highest BCUT2D eigenvalue weighted by Crippen LogP contribution is 2.08. The molecule has 1 fully saturated rings. The molecule has 14 heavy (non-hydrogen) atoms. The highest BCUT2D eigenvalue weighted by atomic mass is 16.3. The van der Waals surface area contributed by atoms with Gasteiger partial charge in [0.1, 0.15) is 6.54 Å². The van der Waals surface area contributed by atoms with Gasteiger partial charge in [0.25, 0.3) is 0 Å². The van der Waals surface area contributed by atoms with Crippen LogP contribution in [0.5, 0.6) is 0 Å². The Morgan fingerprint density at radius 3 is 2.93 bits per heavy atom. The van der Waals surface area contributed by atoms with Gasteiger partial charge in [-0.3, -0.25) is 9.48 Å². The summed E-state index contributed by atoms with van der Waals surface area (Å²) in [5, 5.41) is 13.0. The molecule has 1 N–H and O–H groups in total. The predicted molar refractivity (Wildman–Crippen MR) is 49.6 cm³/mol. The fraction of sp³-hybridized carbons (Fsp3) is 0.556. The van der Waals surface area contributed by atoms with E-state index in [0.717, 1.165) is 5.56 Å². The molecule has 2 heterocycles. The summed E-state index contributed by atoms with van der Waals surface area (Å²) in [6.07, 6.45) is 3.21. The maximum atomic E-state index is 11.5. The lowest BCUT2D eigenvalue weighted by Crippen LogP contribution is -2.54. The second-order valence-corrected chi connectivity index (χ2v) is 3.67. The summed E-state index contributed by atoms with van der Waals surface area (Å²) in [5.41, 5.74) is 1.04. The van der Waals surface area contributed by atoms with E-state index in [1.54, 1.807) is 15.8 Å². The molecular formula is C9H13N3O2. The third-order valence-electron chi connectivity index (χ3n) is 2.27. The van der Waals surface area contributed by atoms with Crippen LogP contribution in [0.2, 0.25) is 0 Å². The zero-order valence-corrected chi connectivity index (χ0v) is 8.05. The van der Waals surface area contributed by atoms with Crippen LogP contribution < -0.4 is 0 Å². The van der Waals surface area contributed by atoms with E-state index in [0.29, 0.717) is 13.1 Å². The molecule has 0 saturated carbocycles. The fourth-order valence-electron chi connectivity index (χ4n) is 1.45. The van der Waals surface area contributed by atoms with Crippen LogP contribution in [0.4, 0.5) is 0 Å². The number of hydrogen-bond acceptors (Lipinski definition) is 3. The van der Waals surface area contributed by atoms with Gasteiger partial charge in [-0.25, -0.2) is 0 Å². The Balaban J connectivity index is 1.89. The summed E-state index contributed by atoms with van der Waals surface area (Å²) >= 11 is 0. The summed E-state index contributed by atoms with van der Waals surface area (Å²) in [5.74, 6) is 0.0124. The van der Waals surface area contributed by atoms with Crippen molar-refractivity contribution in [2.75, 3.05) is 13.1 Å². The van der Waals surface area contributed by atoms with Gasteiger partial charge in [-0.05, 0) is 12.5 Å². The normalized spacial score (nSPS) is 16.9. The maximum absolute atomic E-state index is 11.5. The van der Waals surface area contributed by atoms with Crippen molar-refractivity contribution in [3.8, 4) is 0 Å². The van der Waals surface area contributed by atoms with Crippen molar-refractivity contribution in [3.05, 3.63) is 18.0 Å². The number of carbonyl (C=O) groups excluding carboxylic acids is 1. The van der Waals surface area contributed by atoms with E-state index in [9.17, 15) is 4.79 Å². The van der Waals surface area contributed by atoms with Gasteiger partial charge in [-0.2, -0.15) is 5.10 Å². The Bertz CT molecular complexity index is 342. The van der Waals surface area contributed by atoms with Gasteiger partial charge in [0, 0.05) is 19.3 Å². The molecule has 0 radical (unpaired) electrons. The number of aryl methyl sites for hydroxylation is 1. The fourth-order valence-corrected chi connectivity index (χ4v) is 1.45. The summed E-state index contributed by atoms with van der Waals surface area (Å²) in [6, 6.07) is 0. The molecule has 0 bridgehead atoms. The largest absolute Gasteiger partial charge is 0.389 e. The average Bonchev–Trinajstić information content (AvgIpc) is 2.45. The lowest BCUT2D eigenvalue weighted by atomic mass is 10.2. The Morgan fingerprint density at radius 1 is 1.71 bits per heavy atom. The number of hydrogen-bond donors (Lipinski definition) is 1. The molecule has 0 aromatic carbocycles. The van der Waals surface area contributed by atoms with Crippen LogP contribution in [0.1, 0.15) is 5.56 Å². The molecule has 5 nitrogen and oxygen atoms in total. The van der Waals surface area contributed by atoms with Crippen molar-refractivity contribution in [2.45, 2.75) is 19.6 Å². The topological polar surface area (TPSA) is 58.4 Å². The minimum Gasteiger partial charge on any atom is -0.389 e. The zero-order chi connectivity index (χ0) is 10.1. The molecule has 0 atom stereocenters. The zero-order valence-electron chi connectivity index (χ0n) is 8.05. The van der Waals surface area contributed by atoms with E-state index < -0.39 is 0 Å². The predicted octanol–water partition coefficient (Wildman–Crippen LogP) is -0.605. The Kier molecular flexibility index (Phi) is 2.25. The van der Waals surface area contributed by atoms with Crippen molar-refractivity contribution in [1.29, 1.82) is 0 Å². The molecule has 76 valence electrons. The summed E-state index contributed by atoms with van der Waals surface area (Å²) in [7, 11) is 0. The quantitative estimate of drug-likeness (QED) is 0.685. The molecular weight excluding hydrogens is 182 g/mol. The van der Waals surface area contributed by atoms with E-state index in [-0.39, 0.29) is 18.6 Å². The van der Waals surface area contributed by atoms with Gasteiger partial charge in [0.15, 0.2) is 0 Å². The van der Waals surface area contributed by atoms with Crippen LogP contribution in [0.15, 0.2) is 12.4 Å². The standard InChI is InChI=1S/C9H13N3O2/c1-7-2-10-12(3-7)6-9(14)11-4-8(13)5-11/h2-3,8,13H,4-6H2,1H3. The molecule has 1 amide bonds. The van der Waals surface area contributed by atoms with E-state index in [1.807, 2.05) is 13.1 Å². The smallest absolute Gasteiger partial charge is 0.244 e. The van der Waals surface area contributed by atoms with E-state index in [1.165, 1.54) is 0 Å². The lowest BCUT2D eigenvalue weighted by molar-refractivity contribution is -0.142. The van der Waals surface area contributed by atoms with Crippen LogP contribution in [0.3, 0.4) is 0 Å². The molecule has 1 aromatic heterocycles. The van der Waals surface area contributed by atoms with Crippen LogP contribution in [0.25, 0.3) is 0 Å². The molecule has 1 aromatic rings. The summed E-state index contributed by atoms with van der Waals surface area (Å²) < 4.78 is 1.61. The van der Waals surface area contributed by atoms with Crippen molar-refractivity contribution >= 4 is 5.91 Å². The Labute approximate surface area is 81.9 Å². The van der Waals surface area contributed by atoms with Crippen molar-refractivity contribution < 1.29 is 9.90 Å². The molecule has 1 saturated heterocycles. The third-order valence-corrected chi connectivity index (χ3v) is 2.27. The second-order valence-electron chi connectivity index (χ2n) is 3.67. The highest BCUT2D eigenvalue weighted by molar-refractivity contribution is 5.76. The first-order valence-corrected chi connectivity index (χ1v) is 4.60. The number of rotatable bonds is 2. The first-order chi connectivity index (χ1) is 6.65. The number of aliphatic hydroxyl groups excluding tert-OH is 1. The molecule has 0 spiro atoms. The number of amides is 1. The monoisotopic (exact) mass is 195 g/mol. The number of nitrogens with zero attached hydrogens (tertiary/aromatic N) is 3. The van der Waals surface area contributed by atoms with Gasteiger partial charge >= 0.3 is 0 Å². The van der Waals surface area contributed by atoms with Crippen LogP contribution >= 0.6 is 0 Å². The van der Waals surface area contributed by atoms with Crippen molar-refractivity contribution in [2.24, 2.45) is 0 Å². The molecule has 1 aliphatic heterocycles. The van der Waals surface area contributed by atoms with E-state index in [4.69, 9.17) is 5.11 Å². The second kappa shape index (κ2) is 3.42. The Hall–Kier alpha value is -1.36. The van der Waals surface area contributed by atoms with Crippen LogP contribution in [-0.2, 0) is 11.3 Å². The summed E-state index contributed by atoms with van der Waals surface area (Å²) in [4.78, 5) is 13.1. The first-order valence-electron chi connectivity index (χ1n) is 4.60. The minimum absolute atomic E-state index is 0.0124. The van der Waals surface area contributed by atoms with Crippen molar-refractivity contribution in [1.82, 2.24) is 14.7 Å². The average molecular weight is 195 g/mol. The van der Waals surface area contributed by atoms with Gasteiger partial charge < -0.3 is 10.0 Å². The van der Waals surface area contributed by atoms with Gasteiger partial charge in [-0.1, -0.05) is 0 Å². The first kappa shape index (κ1) is 9.21. The van der Waals surface area contributed by atoms with Crippen LogP contribution in [0, 0.1) is 6.92 Å². The number of aliphatic hydroxyl groups is 1.